The molecule has 4 nitrogen and oxygen atoms in total. The Labute approximate surface area is 142 Å². The van der Waals surface area contributed by atoms with Gasteiger partial charge < -0.3 is 10.2 Å². The Morgan fingerprint density at radius 3 is 2.73 bits per heavy atom. The molecule has 0 saturated carbocycles. The van der Waals surface area contributed by atoms with E-state index in [1.54, 1.807) is 11.3 Å². The number of hydrogen-bond acceptors (Lipinski definition) is 4. The lowest BCUT2D eigenvalue weighted by Gasteiger charge is -2.12. The van der Waals surface area contributed by atoms with Gasteiger partial charge in [0.25, 0.3) is 5.91 Å². The van der Waals surface area contributed by atoms with Crippen LogP contribution < -0.4 is 10.2 Å². The molecule has 2 heterocycles. The summed E-state index contributed by atoms with van der Waals surface area (Å²) in [5.41, 5.74) is 1.74. The van der Waals surface area contributed by atoms with Crippen molar-refractivity contribution in [1.29, 1.82) is 0 Å². The van der Waals surface area contributed by atoms with E-state index in [1.165, 1.54) is 12.8 Å². The fraction of sp³-hybridized carbons (Fsp3) is 0.375. The van der Waals surface area contributed by atoms with Crippen molar-refractivity contribution in [3.8, 4) is 0 Å². The second-order valence-electron chi connectivity index (χ2n) is 5.33. The lowest BCUT2D eigenvalue weighted by molar-refractivity contribution is 0.0954. The zero-order valence-electron chi connectivity index (χ0n) is 12.2. The van der Waals surface area contributed by atoms with Gasteiger partial charge >= 0.3 is 0 Å². The standard InChI is InChI=1S/C16H18BrN3OS/c17-13-5-3-12(4-6-13)15(21)18-8-7-14-11-22-16(19-14)20-9-1-2-10-20/h3-6,11H,1-2,7-10H2,(H,18,21). The predicted octanol–water partition coefficient (Wildman–Crippen LogP) is 3.48. The number of aromatic nitrogens is 1. The van der Waals surface area contributed by atoms with Crippen LogP contribution >= 0.6 is 27.3 Å². The second kappa shape index (κ2) is 7.24. The molecule has 6 heteroatoms. The van der Waals surface area contributed by atoms with Crippen LogP contribution in [0.15, 0.2) is 34.1 Å². The van der Waals surface area contributed by atoms with E-state index in [9.17, 15) is 4.79 Å². The SMILES string of the molecule is O=C(NCCc1csc(N2CCCC2)n1)c1ccc(Br)cc1. The molecule has 1 fully saturated rings. The van der Waals surface area contributed by atoms with Crippen LogP contribution in [-0.4, -0.2) is 30.5 Å². The molecular formula is C16H18BrN3OS. The van der Waals surface area contributed by atoms with Crippen molar-refractivity contribution >= 4 is 38.3 Å². The first-order valence-electron chi connectivity index (χ1n) is 7.45. The molecule has 1 saturated heterocycles. The van der Waals surface area contributed by atoms with Crippen molar-refractivity contribution in [3.05, 3.63) is 45.4 Å². The summed E-state index contributed by atoms with van der Waals surface area (Å²) in [6.45, 7) is 2.85. The van der Waals surface area contributed by atoms with Gasteiger partial charge in [0.2, 0.25) is 0 Å². The van der Waals surface area contributed by atoms with E-state index in [-0.39, 0.29) is 5.91 Å². The van der Waals surface area contributed by atoms with Crippen molar-refractivity contribution < 1.29 is 4.79 Å². The first-order valence-corrected chi connectivity index (χ1v) is 9.13. The third-order valence-electron chi connectivity index (χ3n) is 3.69. The van der Waals surface area contributed by atoms with E-state index in [2.05, 4.69) is 36.5 Å². The molecule has 22 heavy (non-hydrogen) atoms. The number of thiazole rings is 1. The van der Waals surface area contributed by atoms with Crippen LogP contribution in [0.2, 0.25) is 0 Å². The summed E-state index contributed by atoms with van der Waals surface area (Å²) in [4.78, 5) is 19.0. The van der Waals surface area contributed by atoms with E-state index < -0.39 is 0 Å². The summed E-state index contributed by atoms with van der Waals surface area (Å²) < 4.78 is 0.973. The largest absolute Gasteiger partial charge is 0.352 e. The van der Waals surface area contributed by atoms with Gasteiger partial charge in [0.15, 0.2) is 5.13 Å². The Hall–Kier alpha value is -1.40. The molecule has 0 aliphatic carbocycles. The zero-order valence-corrected chi connectivity index (χ0v) is 14.6. The molecule has 1 aromatic carbocycles. The molecule has 1 N–H and O–H groups in total. The number of carbonyl (C=O) groups excluding carboxylic acids is 1. The number of nitrogens with zero attached hydrogens (tertiary/aromatic N) is 2. The monoisotopic (exact) mass is 379 g/mol. The van der Waals surface area contributed by atoms with E-state index in [4.69, 9.17) is 0 Å². The summed E-state index contributed by atoms with van der Waals surface area (Å²) in [5.74, 6) is -0.0394. The molecule has 1 aromatic heterocycles. The van der Waals surface area contributed by atoms with Gasteiger partial charge in [-0.15, -0.1) is 11.3 Å². The maximum atomic E-state index is 12.0. The van der Waals surface area contributed by atoms with Gasteiger partial charge in [0, 0.05) is 41.5 Å². The summed E-state index contributed by atoms with van der Waals surface area (Å²) in [7, 11) is 0. The highest BCUT2D eigenvalue weighted by Gasteiger charge is 2.15. The summed E-state index contributed by atoms with van der Waals surface area (Å²) in [6.07, 6.45) is 3.29. The number of carbonyl (C=O) groups is 1. The third-order valence-corrected chi connectivity index (χ3v) is 5.17. The first-order chi connectivity index (χ1) is 10.7. The van der Waals surface area contributed by atoms with Crippen LogP contribution in [0, 0.1) is 0 Å². The normalized spacial score (nSPS) is 14.3. The van der Waals surface area contributed by atoms with Crippen molar-refractivity contribution in [3.63, 3.8) is 0 Å². The van der Waals surface area contributed by atoms with E-state index >= 15 is 0 Å². The van der Waals surface area contributed by atoms with Crippen LogP contribution in [0.4, 0.5) is 5.13 Å². The minimum atomic E-state index is -0.0394. The highest BCUT2D eigenvalue weighted by molar-refractivity contribution is 9.10. The van der Waals surface area contributed by atoms with Crippen LogP contribution in [0.1, 0.15) is 28.9 Å². The fourth-order valence-electron chi connectivity index (χ4n) is 2.47. The van der Waals surface area contributed by atoms with E-state index in [0.29, 0.717) is 12.1 Å². The average molecular weight is 380 g/mol. The van der Waals surface area contributed by atoms with Gasteiger partial charge in [-0.25, -0.2) is 4.98 Å². The van der Waals surface area contributed by atoms with Crippen molar-refractivity contribution in [1.82, 2.24) is 10.3 Å². The third kappa shape index (κ3) is 3.87. The fourth-order valence-corrected chi connectivity index (χ4v) is 3.65. The quantitative estimate of drug-likeness (QED) is 0.864. The molecule has 0 spiro atoms. The molecule has 1 aliphatic rings. The maximum Gasteiger partial charge on any atom is 0.251 e. The smallest absolute Gasteiger partial charge is 0.251 e. The molecule has 1 amide bonds. The highest BCUT2D eigenvalue weighted by Crippen LogP contribution is 2.24. The first kappa shape index (κ1) is 15.5. The van der Waals surface area contributed by atoms with Gasteiger partial charge in [-0.05, 0) is 37.1 Å². The van der Waals surface area contributed by atoms with Gasteiger partial charge in [-0.3, -0.25) is 4.79 Å². The highest BCUT2D eigenvalue weighted by atomic mass is 79.9. The molecule has 0 atom stereocenters. The second-order valence-corrected chi connectivity index (χ2v) is 7.08. The van der Waals surface area contributed by atoms with Crippen molar-refractivity contribution in [2.45, 2.75) is 19.3 Å². The Morgan fingerprint density at radius 2 is 2.00 bits per heavy atom. The molecule has 116 valence electrons. The Bertz CT molecular complexity index is 635. The molecule has 0 bridgehead atoms. The predicted molar refractivity (Wildman–Crippen MR) is 93.7 cm³/mol. The summed E-state index contributed by atoms with van der Waals surface area (Å²) in [6, 6.07) is 7.37. The van der Waals surface area contributed by atoms with Crippen LogP contribution in [0.25, 0.3) is 0 Å². The van der Waals surface area contributed by atoms with Gasteiger partial charge in [0.1, 0.15) is 0 Å². The summed E-state index contributed by atoms with van der Waals surface area (Å²) in [5, 5.41) is 6.16. The van der Waals surface area contributed by atoms with E-state index in [0.717, 1.165) is 34.8 Å². The molecular weight excluding hydrogens is 362 g/mol. The minimum Gasteiger partial charge on any atom is -0.352 e. The lowest BCUT2D eigenvalue weighted by atomic mass is 10.2. The topological polar surface area (TPSA) is 45.2 Å². The number of nitrogens with one attached hydrogen (secondary N) is 1. The number of hydrogen-bond donors (Lipinski definition) is 1. The van der Waals surface area contributed by atoms with Gasteiger partial charge in [-0.2, -0.15) is 0 Å². The van der Waals surface area contributed by atoms with Crippen molar-refractivity contribution in [2.24, 2.45) is 0 Å². The summed E-state index contributed by atoms with van der Waals surface area (Å²) >= 11 is 5.07. The number of amides is 1. The lowest BCUT2D eigenvalue weighted by Crippen LogP contribution is -2.25. The maximum absolute atomic E-state index is 12.0. The van der Waals surface area contributed by atoms with Crippen LogP contribution in [0.3, 0.4) is 0 Å². The van der Waals surface area contributed by atoms with Crippen LogP contribution in [-0.2, 0) is 6.42 Å². The molecule has 2 aromatic rings. The zero-order chi connectivity index (χ0) is 15.4. The average Bonchev–Trinajstić information content (AvgIpc) is 3.19. The van der Waals surface area contributed by atoms with Crippen LogP contribution in [0.5, 0.6) is 0 Å². The van der Waals surface area contributed by atoms with Crippen molar-refractivity contribution in [2.75, 3.05) is 24.5 Å². The Balaban J connectivity index is 1.48. The van der Waals surface area contributed by atoms with Gasteiger partial charge in [-0.1, -0.05) is 15.9 Å². The number of benzene rings is 1. The molecule has 0 unspecified atom stereocenters. The molecule has 3 rings (SSSR count). The minimum absolute atomic E-state index is 0.0394. The number of anilines is 1. The number of halogens is 1. The Morgan fingerprint density at radius 1 is 1.27 bits per heavy atom. The molecule has 1 aliphatic heterocycles. The van der Waals surface area contributed by atoms with Gasteiger partial charge in [0.05, 0.1) is 5.69 Å². The molecule has 0 radical (unpaired) electrons. The Kier molecular flexibility index (Phi) is 5.10. The number of rotatable bonds is 5. The van der Waals surface area contributed by atoms with E-state index in [1.807, 2.05) is 24.3 Å².